The smallest absolute Gasteiger partial charge is 0.469 e. The van der Waals surface area contributed by atoms with Gasteiger partial charge in [0.1, 0.15) is 17.6 Å². The molecule has 1 aromatic carbocycles. The van der Waals surface area contributed by atoms with E-state index in [0.29, 0.717) is 18.8 Å². The van der Waals surface area contributed by atoms with Crippen molar-refractivity contribution < 1.29 is 32.9 Å². The Bertz CT molecular complexity index is 959. The quantitative estimate of drug-likeness (QED) is 0.155. The van der Waals surface area contributed by atoms with Crippen LogP contribution in [0.2, 0.25) is 0 Å². The molecule has 0 aromatic heterocycles. The first kappa shape index (κ1) is 33.7. The van der Waals surface area contributed by atoms with Crippen molar-refractivity contribution in [3.8, 4) is 0 Å². The molecule has 1 aliphatic rings. The summed E-state index contributed by atoms with van der Waals surface area (Å²) in [6, 6.07) is 8.44. The summed E-state index contributed by atoms with van der Waals surface area (Å²) in [7, 11) is -0.946. The number of alkyl carbamates (subject to hydrolysis) is 1. The number of benzene rings is 1. The molecule has 40 heavy (non-hydrogen) atoms. The van der Waals surface area contributed by atoms with E-state index in [-0.39, 0.29) is 18.5 Å². The van der Waals surface area contributed by atoms with Crippen molar-refractivity contribution in [1.29, 1.82) is 0 Å². The van der Waals surface area contributed by atoms with E-state index in [1.807, 2.05) is 44.2 Å². The lowest BCUT2D eigenvalue weighted by Gasteiger charge is -2.27. The first-order valence-electron chi connectivity index (χ1n) is 14.4. The maximum Gasteiger partial charge on any atom is 0.511 e. The van der Waals surface area contributed by atoms with Crippen molar-refractivity contribution in [2.45, 2.75) is 104 Å². The van der Waals surface area contributed by atoms with Gasteiger partial charge in [0, 0.05) is 6.42 Å². The zero-order valence-electron chi connectivity index (χ0n) is 24.9. The topological polar surface area (TPSA) is 120 Å². The summed E-state index contributed by atoms with van der Waals surface area (Å²) in [5, 5.41) is 5.61. The van der Waals surface area contributed by atoms with Crippen molar-refractivity contribution in [3.63, 3.8) is 0 Å². The maximum absolute atomic E-state index is 13.6. The van der Waals surface area contributed by atoms with Crippen molar-refractivity contribution in [3.05, 3.63) is 35.9 Å². The van der Waals surface area contributed by atoms with Gasteiger partial charge < -0.3 is 20.1 Å². The van der Waals surface area contributed by atoms with Crippen LogP contribution in [0.25, 0.3) is 0 Å². The second kappa shape index (κ2) is 16.7. The molecule has 9 nitrogen and oxygen atoms in total. The largest absolute Gasteiger partial charge is 0.511 e. The molecule has 1 saturated carbocycles. The predicted octanol–water partition coefficient (Wildman–Crippen LogP) is 6.13. The lowest BCUT2D eigenvalue weighted by Crippen LogP contribution is -2.52. The van der Waals surface area contributed by atoms with E-state index in [2.05, 4.69) is 10.6 Å². The van der Waals surface area contributed by atoms with Gasteiger partial charge in [-0.25, -0.2) is 4.79 Å². The number of esters is 1. The number of hydrogen-bond acceptors (Lipinski definition) is 7. The van der Waals surface area contributed by atoms with Gasteiger partial charge in [-0.05, 0) is 55.6 Å². The Kier molecular flexibility index (Phi) is 14.1. The standard InChI is InChI=1S/C30H47N2O7P/c1-21(2)17-24(28(34)37-6)20-40(36)39-26(19-23-15-11-8-12-16-23)32-27(33)25(18-22-13-9-7-10-14-22)31-29(35)38-30(3,4)5/h7,9-10,13-14,21,23-26H,8,11-12,15-20H2,1-6H3,(H-,31,32,33,35)/p+1/t24?,25-,26?/m0/s1. The molecule has 0 saturated heterocycles. The van der Waals surface area contributed by atoms with Crippen LogP contribution in [0, 0.1) is 17.8 Å². The normalized spacial score (nSPS) is 16.9. The number of carbonyl (C=O) groups excluding carboxylic acids is 3. The molecule has 0 spiro atoms. The summed E-state index contributed by atoms with van der Waals surface area (Å²) < 4.78 is 29.4. The molecule has 0 heterocycles. The average molecular weight is 580 g/mol. The minimum absolute atomic E-state index is 0.0147. The number of amides is 2. The number of methoxy groups -OCH3 is 1. The van der Waals surface area contributed by atoms with Crippen molar-refractivity contribution in [2.75, 3.05) is 13.3 Å². The number of rotatable bonds is 14. The maximum atomic E-state index is 13.6. The van der Waals surface area contributed by atoms with Gasteiger partial charge in [0.15, 0.2) is 12.4 Å². The number of nitrogens with one attached hydrogen (secondary N) is 2. The van der Waals surface area contributed by atoms with Crippen LogP contribution in [0.5, 0.6) is 0 Å². The second-order valence-corrected chi connectivity index (χ2v) is 13.3. The van der Waals surface area contributed by atoms with Gasteiger partial charge in [0.05, 0.1) is 7.11 Å². The Morgan fingerprint density at radius 1 is 1.02 bits per heavy atom. The third-order valence-corrected chi connectivity index (χ3v) is 8.00. The van der Waals surface area contributed by atoms with Crippen molar-refractivity contribution >= 4 is 26.0 Å². The minimum Gasteiger partial charge on any atom is -0.469 e. The van der Waals surface area contributed by atoms with Crippen LogP contribution in [-0.2, 0) is 34.6 Å². The van der Waals surface area contributed by atoms with Gasteiger partial charge in [-0.3, -0.25) is 9.59 Å². The van der Waals surface area contributed by atoms with Crippen LogP contribution >= 0.6 is 8.03 Å². The summed E-state index contributed by atoms with van der Waals surface area (Å²) in [6.07, 6.45) is 5.16. The molecule has 2 N–H and O–H groups in total. The van der Waals surface area contributed by atoms with E-state index in [1.54, 1.807) is 20.8 Å². The monoisotopic (exact) mass is 579 g/mol. The molecule has 1 aromatic rings. The fraction of sp³-hybridized carbons (Fsp3) is 0.700. The van der Waals surface area contributed by atoms with Crippen LogP contribution in [0.15, 0.2) is 30.3 Å². The van der Waals surface area contributed by atoms with E-state index in [0.717, 1.165) is 31.2 Å². The number of hydrogen-bond donors (Lipinski definition) is 2. The minimum atomic E-state index is -2.27. The highest BCUT2D eigenvalue weighted by Gasteiger charge is 2.37. The molecule has 1 aliphatic carbocycles. The Morgan fingerprint density at radius 2 is 1.68 bits per heavy atom. The highest BCUT2D eigenvalue weighted by Crippen LogP contribution is 2.34. The Hall–Kier alpha value is -2.51. The SMILES string of the molecule is COC(=O)C(CC(C)C)C[P+](=O)OC(CC1CCCCC1)NC(=O)[C@H](Cc1ccccc1)NC(=O)OC(C)(C)C. The molecule has 4 atom stereocenters. The first-order valence-corrected chi connectivity index (χ1v) is 15.8. The Labute approximate surface area is 240 Å². The molecule has 224 valence electrons. The third-order valence-electron chi connectivity index (χ3n) is 6.77. The first-order chi connectivity index (χ1) is 18.9. The zero-order valence-corrected chi connectivity index (χ0v) is 25.8. The number of ether oxygens (including phenoxy) is 2. The van der Waals surface area contributed by atoms with Gasteiger partial charge in [0.25, 0.3) is 0 Å². The highest BCUT2D eigenvalue weighted by atomic mass is 31.1. The molecule has 0 aliphatic heterocycles. The molecule has 0 radical (unpaired) electrons. The molecular weight excluding hydrogens is 531 g/mol. The van der Waals surface area contributed by atoms with E-state index in [4.69, 9.17) is 14.0 Å². The lowest BCUT2D eigenvalue weighted by molar-refractivity contribution is -0.145. The second-order valence-electron chi connectivity index (χ2n) is 12.1. The third kappa shape index (κ3) is 13.2. The lowest BCUT2D eigenvalue weighted by atomic mass is 9.86. The molecule has 0 bridgehead atoms. The van der Waals surface area contributed by atoms with E-state index < -0.39 is 49.8 Å². The Balaban J connectivity index is 2.20. The fourth-order valence-corrected chi connectivity index (χ4v) is 6.13. The van der Waals surface area contributed by atoms with Crippen LogP contribution in [0.3, 0.4) is 0 Å². The van der Waals surface area contributed by atoms with Crippen molar-refractivity contribution in [1.82, 2.24) is 10.6 Å². The van der Waals surface area contributed by atoms with Crippen LogP contribution in [-0.4, -0.2) is 49.1 Å². The summed E-state index contributed by atoms with van der Waals surface area (Å²) in [5.41, 5.74) is 0.138. The van der Waals surface area contributed by atoms with Gasteiger partial charge in [-0.15, -0.1) is 4.52 Å². The van der Waals surface area contributed by atoms with E-state index in [1.165, 1.54) is 13.5 Å². The highest BCUT2D eigenvalue weighted by molar-refractivity contribution is 7.39. The Morgan fingerprint density at radius 3 is 2.25 bits per heavy atom. The summed E-state index contributed by atoms with van der Waals surface area (Å²) in [5.74, 6) is -0.897. The van der Waals surface area contributed by atoms with Gasteiger partial charge in [-0.2, -0.15) is 0 Å². The molecule has 2 rings (SSSR count). The summed E-state index contributed by atoms with van der Waals surface area (Å²) in [6.45, 7) is 9.24. The van der Waals surface area contributed by atoms with Gasteiger partial charge in [0.2, 0.25) is 5.91 Å². The van der Waals surface area contributed by atoms with Crippen LogP contribution in [0.1, 0.15) is 85.1 Å². The van der Waals surface area contributed by atoms with Gasteiger partial charge >= 0.3 is 20.1 Å². The molecule has 10 heteroatoms. The van der Waals surface area contributed by atoms with E-state index in [9.17, 15) is 18.9 Å². The van der Waals surface area contributed by atoms with Gasteiger partial charge in [-0.1, -0.05) is 76.3 Å². The average Bonchev–Trinajstić information content (AvgIpc) is 2.87. The molecule has 3 unspecified atom stereocenters. The molecule has 1 fully saturated rings. The van der Waals surface area contributed by atoms with Crippen LogP contribution in [0.4, 0.5) is 4.79 Å². The molecule has 2 amide bonds. The number of carbonyl (C=O) groups is 3. The zero-order chi connectivity index (χ0) is 29.7. The fourth-order valence-electron chi connectivity index (χ4n) is 4.97. The van der Waals surface area contributed by atoms with Crippen molar-refractivity contribution in [2.24, 2.45) is 17.8 Å². The molecular formula is C30H48N2O7P+. The van der Waals surface area contributed by atoms with E-state index >= 15 is 0 Å². The van der Waals surface area contributed by atoms with Crippen LogP contribution < -0.4 is 10.6 Å². The summed E-state index contributed by atoms with van der Waals surface area (Å²) in [4.78, 5) is 38.5. The predicted molar refractivity (Wildman–Crippen MR) is 155 cm³/mol. The summed E-state index contributed by atoms with van der Waals surface area (Å²) >= 11 is 0.